The molecule has 0 saturated carbocycles. The molecule has 0 bridgehead atoms. The third-order valence-electron chi connectivity index (χ3n) is 10.3. The number of aryl methyl sites for hydroxylation is 1. The second-order valence-electron chi connectivity index (χ2n) is 14.9. The van der Waals surface area contributed by atoms with E-state index in [2.05, 4.69) is 91.3 Å². The highest BCUT2D eigenvalue weighted by atomic mass is 127. The van der Waals surface area contributed by atoms with Gasteiger partial charge in [0.05, 0.1) is 0 Å². The Hall–Kier alpha value is -1.36. The van der Waals surface area contributed by atoms with Gasteiger partial charge in [0.2, 0.25) is 0 Å². The third kappa shape index (κ3) is 26.1. The number of rotatable bonds is 33. The summed E-state index contributed by atoms with van der Waals surface area (Å²) >= 11 is 0. The molecule has 0 amide bonds. The lowest BCUT2D eigenvalue weighted by Gasteiger charge is -2.25. The molecule has 0 spiro atoms. The fourth-order valence-electron chi connectivity index (χ4n) is 6.98. The van der Waals surface area contributed by atoms with Crippen molar-refractivity contribution in [3.63, 3.8) is 0 Å². The van der Waals surface area contributed by atoms with Gasteiger partial charge >= 0.3 is 0 Å². The van der Waals surface area contributed by atoms with Crippen LogP contribution in [0.3, 0.4) is 0 Å². The largest absolute Gasteiger partial charge is 0.372 e. The molecular weight excluding hydrogens is 707 g/mol. The summed E-state index contributed by atoms with van der Waals surface area (Å²) in [5, 5.41) is 0. The van der Waals surface area contributed by atoms with Gasteiger partial charge in [-0.2, -0.15) is 0 Å². The molecule has 2 aromatic rings. The van der Waals surface area contributed by atoms with Crippen molar-refractivity contribution < 1.29 is 4.57 Å². The highest BCUT2D eigenvalue weighted by Gasteiger charge is 2.07. The Morgan fingerprint density at radius 3 is 1.02 bits per heavy atom. The van der Waals surface area contributed by atoms with Gasteiger partial charge in [-0.15, -0.1) is 24.0 Å². The first-order valence-corrected chi connectivity index (χ1v) is 21.2. The van der Waals surface area contributed by atoms with Gasteiger partial charge in [0.25, 0.3) is 0 Å². The van der Waals surface area contributed by atoms with Crippen LogP contribution < -0.4 is 9.47 Å². The number of anilines is 1. The van der Waals surface area contributed by atoms with Crippen LogP contribution in [0.1, 0.15) is 205 Å². The average Bonchev–Trinajstić information content (AvgIpc) is 3.11. The van der Waals surface area contributed by atoms with Gasteiger partial charge in [0.1, 0.15) is 7.05 Å². The van der Waals surface area contributed by atoms with E-state index in [4.69, 9.17) is 0 Å². The molecule has 0 unspecified atom stereocenters. The van der Waals surface area contributed by atoms with E-state index in [9.17, 15) is 0 Å². The Bertz CT molecular complexity index is 951. The van der Waals surface area contributed by atoms with Gasteiger partial charge in [0.15, 0.2) is 12.4 Å². The number of nitrogens with zero attached hydrogens (tertiary/aromatic N) is 2. The smallest absolute Gasteiger partial charge is 0.169 e. The first-order chi connectivity index (χ1) is 23.7. The van der Waals surface area contributed by atoms with Crippen molar-refractivity contribution in [2.75, 3.05) is 18.0 Å². The Labute approximate surface area is 323 Å². The van der Waals surface area contributed by atoms with Crippen molar-refractivity contribution in [2.24, 2.45) is 7.05 Å². The molecule has 0 saturated heterocycles. The van der Waals surface area contributed by atoms with Crippen molar-refractivity contribution in [3.8, 4) is 0 Å². The lowest BCUT2D eigenvalue weighted by molar-refractivity contribution is -0.671. The maximum Gasteiger partial charge on any atom is 0.169 e. The average molecular weight is 788 g/mol. The third-order valence-corrected chi connectivity index (χ3v) is 10.3. The minimum Gasteiger partial charge on any atom is -0.372 e. The normalized spacial score (nSPS) is 11.3. The van der Waals surface area contributed by atoms with E-state index in [1.54, 1.807) is 0 Å². The first-order valence-electron chi connectivity index (χ1n) is 21.2. The number of halogens is 1. The van der Waals surface area contributed by atoms with Crippen molar-refractivity contribution in [1.29, 1.82) is 0 Å². The summed E-state index contributed by atoms with van der Waals surface area (Å²) in [4.78, 5) is 2.69. The lowest BCUT2D eigenvalue weighted by Crippen LogP contribution is -2.25. The second-order valence-corrected chi connectivity index (χ2v) is 14.9. The number of pyridine rings is 1. The number of unbranched alkanes of at least 4 members (excludes halogenated alkanes) is 26. The van der Waals surface area contributed by atoms with E-state index in [-0.39, 0.29) is 24.0 Å². The number of benzene rings is 1. The summed E-state index contributed by atoms with van der Waals surface area (Å²) in [5.74, 6) is 0. The first kappa shape index (κ1) is 45.7. The van der Waals surface area contributed by atoms with E-state index in [0.29, 0.717) is 0 Å². The topological polar surface area (TPSA) is 7.12 Å². The molecule has 0 N–H and O–H groups in total. The summed E-state index contributed by atoms with van der Waals surface area (Å²) in [6.45, 7) is 7.02. The van der Waals surface area contributed by atoms with E-state index in [0.717, 1.165) is 0 Å². The lowest BCUT2D eigenvalue weighted by atomic mass is 10.0. The van der Waals surface area contributed by atoms with Crippen molar-refractivity contribution >= 4 is 41.8 Å². The highest BCUT2D eigenvalue weighted by Crippen LogP contribution is 2.20. The Morgan fingerprint density at radius 1 is 0.408 bits per heavy atom. The molecule has 0 aliphatic heterocycles. The molecule has 1 heterocycles. The van der Waals surface area contributed by atoms with Crippen LogP contribution in [0.25, 0.3) is 12.2 Å². The molecule has 2 rings (SSSR count). The SMILES string of the molecule is CCCCCCCCCCCCCCCCN(CCCCCCCCCCCCCCCC)c1ccc(/C=C/c2cc[n+](C)cc2)cc1.I. The molecule has 0 aliphatic carbocycles. The molecule has 0 fully saturated rings. The molecule has 0 aliphatic rings. The van der Waals surface area contributed by atoms with Crippen LogP contribution in [0.5, 0.6) is 0 Å². The van der Waals surface area contributed by atoms with Gasteiger partial charge in [0, 0.05) is 30.9 Å². The minimum atomic E-state index is 0. The van der Waals surface area contributed by atoms with Crippen LogP contribution in [-0.2, 0) is 7.05 Å². The fraction of sp³-hybridized carbons (Fsp3) is 0.717. The summed E-state index contributed by atoms with van der Waals surface area (Å²) in [6, 6.07) is 13.7. The molecule has 0 radical (unpaired) electrons. The Kier molecular flexibility index (Phi) is 31.5. The maximum absolute atomic E-state index is 2.69. The number of hydrogen-bond acceptors (Lipinski definition) is 1. The summed E-state index contributed by atoms with van der Waals surface area (Å²) in [7, 11) is 2.06. The zero-order valence-corrected chi connectivity index (χ0v) is 35.1. The standard InChI is InChI=1S/C46H79N2.HI/c1-4-6-8-10-12-14-16-18-20-22-24-26-28-30-40-48(41-31-29-27-25-23-21-19-17-15-13-11-9-7-5-2)46-36-34-44(35-37-46)32-33-45-38-42-47(3)43-39-45;/h32-39,42-43H,4-31,40-41H2,1-3H3;1H/q+1;. The van der Waals surface area contributed by atoms with Crippen LogP contribution in [0.2, 0.25) is 0 Å². The van der Waals surface area contributed by atoms with Crippen LogP contribution in [0, 0.1) is 0 Å². The van der Waals surface area contributed by atoms with Gasteiger partial charge < -0.3 is 4.90 Å². The minimum absolute atomic E-state index is 0. The van der Waals surface area contributed by atoms with Crippen LogP contribution in [0.4, 0.5) is 5.69 Å². The summed E-state index contributed by atoms with van der Waals surface area (Å²) < 4.78 is 2.08. The van der Waals surface area contributed by atoms with Gasteiger partial charge in [-0.3, -0.25) is 0 Å². The van der Waals surface area contributed by atoms with Gasteiger partial charge in [-0.25, -0.2) is 4.57 Å². The summed E-state index contributed by atoms with van der Waals surface area (Å²) in [6.07, 6.45) is 48.6. The second kappa shape index (κ2) is 33.8. The quantitative estimate of drug-likeness (QED) is 0.0397. The van der Waals surface area contributed by atoms with Gasteiger partial charge in [-0.05, 0) is 36.1 Å². The molecule has 1 aromatic carbocycles. The molecule has 2 nitrogen and oxygen atoms in total. The van der Waals surface area contributed by atoms with Crippen molar-refractivity contribution in [2.45, 2.75) is 194 Å². The fourth-order valence-corrected chi connectivity index (χ4v) is 6.98. The predicted molar refractivity (Wildman–Crippen MR) is 231 cm³/mol. The van der Waals surface area contributed by atoms with Crippen molar-refractivity contribution in [1.82, 2.24) is 0 Å². The molecule has 0 atom stereocenters. The molecule has 3 heteroatoms. The van der Waals surface area contributed by atoms with E-state index in [1.807, 2.05) is 0 Å². The number of hydrogen-bond donors (Lipinski definition) is 0. The van der Waals surface area contributed by atoms with Crippen LogP contribution in [0.15, 0.2) is 48.8 Å². The molecule has 280 valence electrons. The van der Waals surface area contributed by atoms with E-state index >= 15 is 0 Å². The predicted octanol–water partition coefficient (Wildman–Crippen LogP) is 15.1. The monoisotopic (exact) mass is 788 g/mol. The zero-order chi connectivity index (χ0) is 34.2. The van der Waals surface area contributed by atoms with Gasteiger partial charge in [-0.1, -0.05) is 205 Å². The number of aromatic nitrogens is 1. The molecular formula is C46H80IN2+. The Balaban J connectivity index is 0.0000120. The van der Waals surface area contributed by atoms with Crippen LogP contribution >= 0.6 is 24.0 Å². The molecule has 49 heavy (non-hydrogen) atoms. The van der Waals surface area contributed by atoms with E-state index < -0.39 is 0 Å². The van der Waals surface area contributed by atoms with Crippen LogP contribution in [-0.4, -0.2) is 13.1 Å². The van der Waals surface area contributed by atoms with Crippen molar-refractivity contribution in [3.05, 3.63) is 59.9 Å². The summed E-state index contributed by atoms with van der Waals surface area (Å²) in [5.41, 5.74) is 3.93. The maximum atomic E-state index is 2.69. The molecule has 1 aromatic heterocycles. The Morgan fingerprint density at radius 2 is 0.694 bits per heavy atom. The zero-order valence-electron chi connectivity index (χ0n) is 32.8. The van der Waals surface area contributed by atoms with E-state index in [1.165, 1.54) is 210 Å². The highest BCUT2D eigenvalue weighted by molar-refractivity contribution is 14.0.